The molecule has 0 amide bonds. The van der Waals surface area contributed by atoms with Gasteiger partial charge in [-0.3, -0.25) is 0 Å². The van der Waals surface area contributed by atoms with E-state index in [0.717, 1.165) is 0 Å². The van der Waals surface area contributed by atoms with Gasteiger partial charge < -0.3 is 9.84 Å². The van der Waals surface area contributed by atoms with Gasteiger partial charge in [-0.2, -0.15) is 0 Å². The highest BCUT2D eigenvalue weighted by Gasteiger charge is 2.08. The van der Waals surface area contributed by atoms with Crippen molar-refractivity contribution in [2.24, 2.45) is 0 Å². The number of rotatable bonds is 2. The molecular weight excluding hydrogens is 217 g/mol. The highest BCUT2D eigenvalue weighted by molar-refractivity contribution is 7.13. The number of halogens is 1. The van der Waals surface area contributed by atoms with Gasteiger partial charge in [0.25, 0.3) is 0 Å². The van der Waals surface area contributed by atoms with Gasteiger partial charge in [0, 0.05) is 5.56 Å². The van der Waals surface area contributed by atoms with Crippen molar-refractivity contribution in [3.63, 3.8) is 0 Å². The maximum atomic E-state index is 13.3. The summed E-state index contributed by atoms with van der Waals surface area (Å²) in [5.41, 5.74) is 0.624. The molecule has 2 aromatic rings. The van der Waals surface area contributed by atoms with Crippen molar-refractivity contribution in [1.29, 1.82) is 0 Å². The minimum absolute atomic E-state index is 0.0498. The molecule has 1 heterocycles. The molecular formula is C10H8FNO2S. The molecule has 5 heteroatoms. The summed E-state index contributed by atoms with van der Waals surface area (Å²) in [7, 11) is 1.41. The largest absolute Gasteiger partial charge is 0.494 e. The molecule has 0 saturated heterocycles. The molecule has 0 saturated carbocycles. The van der Waals surface area contributed by atoms with Gasteiger partial charge in [0.1, 0.15) is 5.01 Å². The average Bonchev–Trinajstić information content (AvgIpc) is 2.65. The van der Waals surface area contributed by atoms with E-state index in [9.17, 15) is 4.39 Å². The molecule has 0 aliphatic heterocycles. The average molecular weight is 225 g/mol. The highest BCUT2D eigenvalue weighted by Crippen LogP contribution is 2.29. The summed E-state index contributed by atoms with van der Waals surface area (Å²) in [5, 5.41) is 11.1. The normalized spacial score (nSPS) is 10.3. The fourth-order valence-electron chi connectivity index (χ4n) is 1.20. The van der Waals surface area contributed by atoms with Crippen LogP contribution in [0.25, 0.3) is 10.6 Å². The Labute approximate surface area is 89.8 Å². The van der Waals surface area contributed by atoms with Crippen molar-refractivity contribution in [2.45, 2.75) is 0 Å². The first-order valence-electron chi connectivity index (χ1n) is 4.19. The van der Waals surface area contributed by atoms with E-state index in [4.69, 9.17) is 9.84 Å². The SMILES string of the molecule is COc1ccc(-c2nc(O)cs2)cc1F. The molecule has 1 aromatic carbocycles. The molecule has 78 valence electrons. The number of aromatic nitrogens is 1. The molecule has 15 heavy (non-hydrogen) atoms. The smallest absolute Gasteiger partial charge is 0.222 e. The number of thiazole rings is 1. The van der Waals surface area contributed by atoms with Gasteiger partial charge in [0.15, 0.2) is 11.6 Å². The Balaban J connectivity index is 2.42. The number of ether oxygens (including phenoxy) is 1. The summed E-state index contributed by atoms with van der Waals surface area (Å²) in [6, 6.07) is 4.56. The number of benzene rings is 1. The van der Waals surface area contributed by atoms with Gasteiger partial charge in [-0.25, -0.2) is 9.37 Å². The van der Waals surface area contributed by atoms with Crippen LogP contribution in [0, 0.1) is 5.82 Å². The topological polar surface area (TPSA) is 42.4 Å². The van der Waals surface area contributed by atoms with Crippen LogP contribution in [0.3, 0.4) is 0 Å². The van der Waals surface area contributed by atoms with Gasteiger partial charge in [-0.05, 0) is 18.2 Å². The molecule has 0 atom stereocenters. The van der Waals surface area contributed by atoms with Gasteiger partial charge >= 0.3 is 0 Å². The van der Waals surface area contributed by atoms with Crippen LogP contribution in [-0.2, 0) is 0 Å². The minimum atomic E-state index is -0.440. The Bertz CT molecular complexity index is 484. The molecule has 1 N–H and O–H groups in total. The second-order valence-corrected chi connectivity index (χ2v) is 3.72. The first kappa shape index (κ1) is 9.92. The number of hydrogen-bond acceptors (Lipinski definition) is 4. The van der Waals surface area contributed by atoms with E-state index >= 15 is 0 Å². The summed E-state index contributed by atoms with van der Waals surface area (Å²) in [6.07, 6.45) is 0. The lowest BCUT2D eigenvalue weighted by atomic mass is 10.2. The molecule has 0 aliphatic rings. The number of hydrogen-bond donors (Lipinski definition) is 1. The van der Waals surface area contributed by atoms with Crippen molar-refractivity contribution in [2.75, 3.05) is 7.11 Å². The lowest BCUT2D eigenvalue weighted by Gasteiger charge is -2.02. The summed E-state index contributed by atoms with van der Waals surface area (Å²) >= 11 is 1.26. The zero-order valence-electron chi connectivity index (χ0n) is 7.90. The Kier molecular flexibility index (Phi) is 2.55. The molecule has 1 aromatic heterocycles. The van der Waals surface area contributed by atoms with Crippen molar-refractivity contribution in [3.8, 4) is 22.2 Å². The molecule has 0 fully saturated rings. The minimum Gasteiger partial charge on any atom is -0.494 e. The second kappa shape index (κ2) is 3.86. The monoisotopic (exact) mass is 225 g/mol. The highest BCUT2D eigenvalue weighted by atomic mass is 32.1. The molecule has 0 unspecified atom stereocenters. The molecule has 0 radical (unpaired) electrons. The fourth-order valence-corrected chi connectivity index (χ4v) is 1.88. The van der Waals surface area contributed by atoms with E-state index in [-0.39, 0.29) is 11.6 Å². The molecule has 2 rings (SSSR count). The summed E-state index contributed by atoms with van der Waals surface area (Å²) in [5.74, 6) is -0.296. The van der Waals surface area contributed by atoms with Gasteiger partial charge in [0.05, 0.1) is 12.5 Å². The van der Waals surface area contributed by atoms with E-state index in [0.29, 0.717) is 10.6 Å². The number of aromatic hydroxyl groups is 1. The summed E-state index contributed by atoms with van der Waals surface area (Å²) in [4.78, 5) is 3.84. The van der Waals surface area contributed by atoms with Crippen LogP contribution in [0.4, 0.5) is 4.39 Å². The Hall–Kier alpha value is -1.62. The van der Waals surface area contributed by atoms with Gasteiger partial charge in [-0.15, -0.1) is 11.3 Å². The Morgan fingerprint density at radius 3 is 2.80 bits per heavy atom. The van der Waals surface area contributed by atoms with Crippen LogP contribution in [0.1, 0.15) is 0 Å². The number of methoxy groups -OCH3 is 1. The fraction of sp³-hybridized carbons (Fsp3) is 0.100. The molecule has 0 spiro atoms. The van der Waals surface area contributed by atoms with Crippen molar-refractivity contribution >= 4 is 11.3 Å². The van der Waals surface area contributed by atoms with Crippen molar-refractivity contribution in [3.05, 3.63) is 29.4 Å². The van der Waals surface area contributed by atoms with E-state index in [1.54, 1.807) is 6.07 Å². The van der Waals surface area contributed by atoms with Crippen LogP contribution in [0.5, 0.6) is 11.6 Å². The van der Waals surface area contributed by atoms with Crippen LogP contribution in [-0.4, -0.2) is 17.2 Å². The third kappa shape index (κ3) is 1.92. The Morgan fingerprint density at radius 2 is 2.27 bits per heavy atom. The van der Waals surface area contributed by atoms with E-state index in [2.05, 4.69) is 4.98 Å². The van der Waals surface area contributed by atoms with Crippen molar-refractivity contribution in [1.82, 2.24) is 4.98 Å². The maximum absolute atomic E-state index is 13.3. The maximum Gasteiger partial charge on any atom is 0.222 e. The summed E-state index contributed by atoms with van der Waals surface area (Å²) < 4.78 is 18.1. The quantitative estimate of drug-likeness (QED) is 0.854. The van der Waals surface area contributed by atoms with E-state index in [1.807, 2.05) is 0 Å². The third-order valence-electron chi connectivity index (χ3n) is 1.89. The first-order chi connectivity index (χ1) is 7.20. The van der Waals surface area contributed by atoms with E-state index in [1.165, 1.54) is 36.0 Å². The molecule has 0 aliphatic carbocycles. The molecule has 0 bridgehead atoms. The zero-order valence-corrected chi connectivity index (χ0v) is 8.71. The first-order valence-corrected chi connectivity index (χ1v) is 5.07. The third-order valence-corrected chi connectivity index (χ3v) is 2.77. The van der Waals surface area contributed by atoms with E-state index < -0.39 is 5.82 Å². The second-order valence-electron chi connectivity index (χ2n) is 2.86. The number of nitrogens with zero attached hydrogens (tertiary/aromatic N) is 1. The lowest BCUT2D eigenvalue weighted by Crippen LogP contribution is -1.88. The van der Waals surface area contributed by atoms with Gasteiger partial charge in [-0.1, -0.05) is 0 Å². The van der Waals surface area contributed by atoms with Crippen LogP contribution < -0.4 is 4.74 Å². The van der Waals surface area contributed by atoms with Crippen LogP contribution in [0.15, 0.2) is 23.6 Å². The van der Waals surface area contributed by atoms with Gasteiger partial charge in [0.2, 0.25) is 5.88 Å². The predicted molar refractivity (Wildman–Crippen MR) is 55.7 cm³/mol. The standard InChI is InChI=1S/C10H8FNO2S/c1-14-8-3-2-6(4-7(8)11)10-12-9(13)5-15-10/h2-5,13H,1H3. The summed E-state index contributed by atoms with van der Waals surface area (Å²) in [6.45, 7) is 0. The molecule has 3 nitrogen and oxygen atoms in total. The zero-order chi connectivity index (χ0) is 10.8. The predicted octanol–water partition coefficient (Wildman–Crippen LogP) is 2.66. The Morgan fingerprint density at radius 1 is 1.47 bits per heavy atom. The van der Waals surface area contributed by atoms with Crippen LogP contribution >= 0.6 is 11.3 Å². The van der Waals surface area contributed by atoms with Crippen LogP contribution in [0.2, 0.25) is 0 Å². The lowest BCUT2D eigenvalue weighted by molar-refractivity contribution is 0.386. The van der Waals surface area contributed by atoms with Crippen molar-refractivity contribution < 1.29 is 14.2 Å².